The van der Waals surface area contributed by atoms with E-state index in [4.69, 9.17) is 4.74 Å². The number of aliphatic hydroxyl groups excluding tert-OH is 1. The van der Waals surface area contributed by atoms with Gasteiger partial charge in [0.1, 0.15) is 6.04 Å². The molecule has 1 aliphatic heterocycles. The molecule has 0 aliphatic carbocycles. The van der Waals surface area contributed by atoms with Crippen molar-refractivity contribution in [1.29, 1.82) is 0 Å². The van der Waals surface area contributed by atoms with Crippen LogP contribution in [-0.2, 0) is 9.53 Å². The van der Waals surface area contributed by atoms with E-state index < -0.39 is 6.10 Å². The van der Waals surface area contributed by atoms with Crippen molar-refractivity contribution in [3.63, 3.8) is 0 Å². The molecule has 5 heteroatoms. The van der Waals surface area contributed by atoms with Gasteiger partial charge in [0.15, 0.2) is 0 Å². The number of hydroxylamine groups is 2. The second kappa shape index (κ2) is 4.72. The highest BCUT2D eigenvalue weighted by atomic mass is 16.5. The summed E-state index contributed by atoms with van der Waals surface area (Å²) in [4.78, 5) is 10.5. The summed E-state index contributed by atoms with van der Waals surface area (Å²) < 4.78 is 4.75. The second-order valence-electron chi connectivity index (χ2n) is 3.81. The molecule has 1 saturated heterocycles. The molecule has 1 aliphatic rings. The SMILES string of the molecule is CC(=O)OCCC1C(C(C)O)C[NH+]1[O-]. The van der Waals surface area contributed by atoms with E-state index in [1.165, 1.54) is 6.92 Å². The number of carbonyl (C=O) groups excluding carboxylic acids is 1. The van der Waals surface area contributed by atoms with Crippen LogP contribution >= 0.6 is 0 Å². The molecule has 1 fully saturated rings. The minimum absolute atomic E-state index is 0.0538. The molecule has 5 nitrogen and oxygen atoms in total. The van der Waals surface area contributed by atoms with Gasteiger partial charge >= 0.3 is 5.97 Å². The van der Waals surface area contributed by atoms with E-state index in [1.807, 2.05) is 0 Å². The number of aliphatic hydroxyl groups is 1. The lowest BCUT2D eigenvalue weighted by atomic mass is 9.85. The first-order valence-electron chi connectivity index (χ1n) is 4.86. The molecule has 82 valence electrons. The summed E-state index contributed by atoms with van der Waals surface area (Å²) in [6, 6.07) is -0.116. The Morgan fingerprint density at radius 3 is 2.86 bits per heavy atom. The Labute approximate surface area is 83.2 Å². The van der Waals surface area contributed by atoms with E-state index in [0.29, 0.717) is 13.0 Å². The second-order valence-corrected chi connectivity index (χ2v) is 3.81. The van der Waals surface area contributed by atoms with Crippen LogP contribution in [0.2, 0.25) is 0 Å². The monoisotopic (exact) mass is 203 g/mol. The van der Waals surface area contributed by atoms with Crippen molar-refractivity contribution >= 4 is 5.97 Å². The number of rotatable bonds is 4. The van der Waals surface area contributed by atoms with Crippen molar-refractivity contribution in [3.8, 4) is 0 Å². The molecule has 0 amide bonds. The highest BCUT2D eigenvalue weighted by Gasteiger charge is 2.41. The minimum Gasteiger partial charge on any atom is -0.634 e. The van der Waals surface area contributed by atoms with Crippen LogP contribution in [0.4, 0.5) is 0 Å². The predicted molar refractivity (Wildman–Crippen MR) is 49.4 cm³/mol. The van der Waals surface area contributed by atoms with Crippen molar-refractivity contribution in [2.45, 2.75) is 32.4 Å². The third-order valence-electron chi connectivity index (χ3n) is 2.72. The molecule has 2 N–H and O–H groups in total. The van der Waals surface area contributed by atoms with Crippen LogP contribution in [0.5, 0.6) is 0 Å². The van der Waals surface area contributed by atoms with Gasteiger partial charge in [0.25, 0.3) is 0 Å². The van der Waals surface area contributed by atoms with E-state index in [-0.39, 0.29) is 29.6 Å². The number of ether oxygens (including phenoxy) is 1. The van der Waals surface area contributed by atoms with E-state index in [2.05, 4.69) is 0 Å². The van der Waals surface area contributed by atoms with Gasteiger partial charge in [-0.3, -0.25) is 4.79 Å². The molecule has 0 radical (unpaired) electrons. The maximum atomic E-state index is 11.2. The molecule has 4 atom stereocenters. The summed E-state index contributed by atoms with van der Waals surface area (Å²) in [5.74, 6) is -0.275. The van der Waals surface area contributed by atoms with Crippen LogP contribution in [0.25, 0.3) is 0 Å². The van der Waals surface area contributed by atoms with Gasteiger partial charge in [-0.05, 0) is 6.92 Å². The first kappa shape index (κ1) is 11.4. The van der Waals surface area contributed by atoms with Gasteiger partial charge in [0.2, 0.25) is 0 Å². The molecule has 0 bridgehead atoms. The van der Waals surface area contributed by atoms with E-state index in [9.17, 15) is 15.1 Å². The molecular weight excluding hydrogens is 186 g/mol. The summed E-state index contributed by atoms with van der Waals surface area (Å²) in [5.41, 5.74) is 0. The molecule has 4 unspecified atom stereocenters. The summed E-state index contributed by atoms with van der Waals surface area (Å²) in [6.45, 7) is 3.77. The largest absolute Gasteiger partial charge is 0.634 e. The average Bonchev–Trinajstić information content (AvgIpc) is 2.07. The highest BCUT2D eigenvalue weighted by Crippen LogP contribution is 2.15. The maximum Gasteiger partial charge on any atom is 0.302 e. The van der Waals surface area contributed by atoms with Crippen molar-refractivity contribution in [3.05, 3.63) is 5.21 Å². The topological polar surface area (TPSA) is 74.0 Å². The van der Waals surface area contributed by atoms with Crippen LogP contribution in [-0.4, -0.2) is 36.4 Å². The summed E-state index contributed by atoms with van der Waals surface area (Å²) in [5, 5.41) is 20.6. The standard InChI is InChI=1S/C9H17NO4/c1-6(11)8-5-10(13)9(8)3-4-14-7(2)12/h6,8-11H,3-5H2,1-2H3. The third-order valence-corrected chi connectivity index (χ3v) is 2.72. The lowest BCUT2D eigenvalue weighted by Gasteiger charge is -2.48. The van der Waals surface area contributed by atoms with Gasteiger partial charge in [-0.25, -0.2) is 0 Å². The van der Waals surface area contributed by atoms with E-state index >= 15 is 0 Å². The third kappa shape index (κ3) is 2.67. The quantitative estimate of drug-likeness (QED) is 0.440. The Morgan fingerprint density at radius 1 is 1.79 bits per heavy atom. The van der Waals surface area contributed by atoms with E-state index in [1.54, 1.807) is 6.92 Å². The predicted octanol–water partition coefficient (Wildman–Crippen LogP) is -1.30. The molecular formula is C9H17NO4. The zero-order chi connectivity index (χ0) is 10.7. The number of quaternary nitrogens is 1. The van der Waals surface area contributed by atoms with Gasteiger partial charge in [-0.2, -0.15) is 0 Å². The van der Waals surface area contributed by atoms with Crippen LogP contribution in [0.15, 0.2) is 0 Å². The smallest absolute Gasteiger partial charge is 0.302 e. The first-order chi connectivity index (χ1) is 6.52. The number of esters is 1. The summed E-state index contributed by atoms with van der Waals surface area (Å²) in [7, 11) is 0. The molecule has 0 spiro atoms. The fourth-order valence-corrected chi connectivity index (χ4v) is 1.82. The fourth-order valence-electron chi connectivity index (χ4n) is 1.82. The van der Waals surface area contributed by atoms with Gasteiger partial charge in [-0.15, -0.1) is 0 Å². The Morgan fingerprint density at radius 2 is 2.43 bits per heavy atom. The minimum atomic E-state index is -0.449. The lowest BCUT2D eigenvalue weighted by Crippen LogP contribution is -3.21. The first-order valence-corrected chi connectivity index (χ1v) is 4.86. The molecule has 0 aromatic heterocycles. The van der Waals surface area contributed by atoms with Crippen LogP contribution in [0.1, 0.15) is 20.3 Å². The van der Waals surface area contributed by atoms with Gasteiger partial charge < -0.3 is 20.1 Å². The Bertz CT molecular complexity index is 207. The Balaban J connectivity index is 2.25. The molecule has 0 saturated carbocycles. The zero-order valence-electron chi connectivity index (χ0n) is 8.53. The van der Waals surface area contributed by atoms with Gasteiger partial charge in [0, 0.05) is 13.3 Å². The summed E-state index contributed by atoms with van der Waals surface area (Å²) in [6.07, 6.45) is 0.0866. The van der Waals surface area contributed by atoms with E-state index in [0.717, 1.165) is 0 Å². The van der Waals surface area contributed by atoms with Gasteiger partial charge in [0.05, 0.1) is 25.2 Å². The van der Waals surface area contributed by atoms with Crippen LogP contribution < -0.4 is 5.06 Å². The molecule has 0 aromatic rings. The Kier molecular flexibility index (Phi) is 3.86. The maximum absolute atomic E-state index is 11.2. The van der Waals surface area contributed by atoms with Gasteiger partial charge in [-0.1, -0.05) is 0 Å². The fraction of sp³-hybridized carbons (Fsp3) is 0.889. The molecule has 0 aromatic carbocycles. The number of hydrogen-bond acceptors (Lipinski definition) is 4. The highest BCUT2D eigenvalue weighted by molar-refractivity contribution is 5.65. The molecule has 1 heterocycles. The lowest BCUT2D eigenvalue weighted by molar-refractivity contribution is -0.935. The van der Waals surface area contributed by atoms with Crippen molar-refractivity contribution in [2.24, 2.45) is 5.92 Å². The summed E-state index contributed by atoms with van der Waals surface area (Å²) >= 11 is 0. The number of hydrogen-bond donors (Lipinski definition) is 2. The average molecular weight is 203 g/mol. The normalized spacial score (nSPS) is 33.3. The van der Waals surface area contributed by atoms with Crippen LogP contribution in [0.3, 0.4) is 0 Å². The van der Waals surface area contributed by atoms with Crippen molar-refractivity contribution in [1.82, 2.24) is 0 Å². The Hall–Kier alpha value is -0.650. The molecule has 1 rings (SSSR count). The molecule has 14 heavy (non-hydrogen) atoms. The zero-order valence-corrected chi connectivity index (χ0v) is 8.53. The van der Waals surface area contributed by atoms with Crippen LogP contribution in [0, 0.1) is 11.1 Å². The number of nitrogens with one attached hydrogen (secondary N) is 1. The van der Waals surface area contributed by atoms with Crippen molar-refractivity contribution in [2.75, 3.05) is 13.2 Å². The van der Waals surface area contributed by atoms with Crippen molar-refractivity contribution < 1.29 is 19.7 Å². The number of carbonyl (C=O) groups is 1.